The smallest absolute Gasteiger partial charge is 0.227 e. The summed E-state index contributed by atoms with van der Waals surface area (Å²) < 4.78 is 15.2. The Labute approximate surface area is 152 Å². The average Bonchev–Trinajstić information content (AvgIpc) is 3.04. The lowest BCUT2D eigenvalue weighted by molar-refractivity contribution is -0.131. The third-order valence-corrected chi connectivity index (χ3v) is 5.11. The number of likely N-dealkylation sites (tertiary alicyclic amines) is 1. The van der Waals surface area contributed by atoms with Crippen LogP contribution in [0.5, 0.6) is 0 Å². The summed E-state index contributed by atoms with van der Waals surface area (Å²) in [6.45, 7) is 3.50. The van der Waals surface area contributed by atoms with Gasteiger partial charge in [-0.25, -0.2) is 9.37 Å². The number of carbonyl (C=O) groups is 1. The molecule has 5 heteroatoms. The van der Waals surface area contributed by atoms with E-state index >= 15 is 0 Å². The average molecular weight is 351 g/mol. The van der Waals surface area contributed by atoms with E-state index < -0.39 is 0 Å². The van der Waals surface area contributed by atoms with Crippen molar-refractivity contribution in [3.63, 3.8) is 0 Å². The minimum absolute atomic E-state index is 0.107. The molecule has 1 aliphatic rings. The highest BCUT2D eigenvalue weighted by molar-refractivity contribution is 5.79. The predicted octanol–water partition coefficient (Wildman–Crippen LogP) is 3.73. The molecule has 1 atom stereocenters. The summed E-state index contributed by atoms with van der Waals surface area (Å²) in [6, 6.07) is 12.4. The van der Waals surface area contributed by atoms with Gasteiger partial charge in [0.15, 0.2) is 0 Å². The number of pyridine rings is 1. The van der Waals surface area contributed by atoms with Gasteiger partial charge in [-0.3, -0.25) is 4.79 Å². The molecule has 2 aromatic heterocycles. The van der Waals surface area contributed by atoms with Crippen LogP contribution < -0.4 is 0 Å². The Morgan fingerprint density at radius 1 is 1.23 bits per heavy atom. The lowest BCUT2D eigenvalue weighted by Gasteiger charge is -2.33. The number of aromatic nitrogens is 2. The Morgan fingerprint density at radius 2 is 2.04 bits per heavy atom. The highest BCUT2D eigenvalue weighted by atomic mass is 19.1. The summed E-state index contributed by atoms with van der Waals surface area (Å²) in [7, 11) is 0. The minimum Gasteiger partial charge on any atom is -0.342 e. The van der Waals surface area contributed by atoms with Gasteiger partial charge in [0.05, 0.1) is 12.1 Å². The number of halogens is 1. The number of benzene rings is 1. The monoisotopic (exact) mass is 351 g/mol. The quantitative estimate of drug-likeness (QED) is 0.721. The number of hydrogen-bond acceptors (Lipinski definition) is 2. The summed E-state index contributed by atoms with van der Waals surface area (Å²) in [5, 5.41) is 0. The lowest BCUT2D eigenvalue weighted by Crippen LogP contribution is -2.40. The molecule has 0 bridgehead atoms. The first-order valence-corrected chi connectivity index (χ1v) is 9.07. The number of fused-ring (bicyclic) bond motifs is 1. The molecule has 4 rings (SSSR count). The van der Waals surface area contributed by atoms with Crippen molar-refractivity contribution >= 4 is 11.6 Å². The van der Waals surface area contributed by atoms with Crippen LogP contribution in [0.2, 0.25) is 0 Å². The van der Waals surface area contributed by atoms with E-state index in [9.17, 15) is 9.18 Å². The molecule has 134 valence electrons. The normalized spacial score (nSPS) is 17.6. The molecule has 0 N–H and O–H groups in total. The first kappa shape index (κ1) is 16.8. The fourth-order valence-electron chi connectivity index (χ4n) is 3.82. The molecule has 0 spiro atoms. The van der Waals surface area contributed by atoms with Crippen molar-refractivity contribution in [3.8, 4) is 0 Å². The zero-order valence-electron chi connectivity index (χ0n) is 14.9. The van der Waals surface area contributed by atoms with Gasteiger partial charge in [0.1, 0.15) is 11.5 Å². The number of hydrogen-bond donors (Lipinski definition) is 0. The third-order valence-electron chi connectivity index (χ3n) is 5.11. The summed E-state index contributed by atoms with van der Waals surface area (Å²) >= 11 is 0. The molecule has 0 radical (unpaired) electrons. The molecule has 1 aliphatic heterocycles. The van der Waals surface area contributed by atoms with Crippen LogP contribution in [-0.2, 0) is 11.2 Å². The zero-order chi connectivity index (χ0) is 18.1. The first-order valence-electron chi connectivity index (χ1n) is 9.07. The molecule has 0 aliphatic carbocycles. The van der Waals surface area contributed by atoms with Crippen molar-refractivity contribution in [2.24, 2.45) is 0 Å². The Balaban J connectivity index is 1.51. The highest BCUT2D eigenvalue weighted by Crippen LogP contribution is 2.28. The maximum atomic E-state index is 13.0. The molecule has 26 heavy (non-hydrogen) atoms. The molecule has 4 nitrogen and oxygen atoms in total. The van der Waals surface area contributed by atoms with Crippen molar-refractivity contribution < 1.29 is 9.18 Å². The van der Waals surface area contributed by atoms with Gasteiger partial charge in [0.25, 0.3) is 0 Å². The molecule has 1 aromatic carbocycles. The van der Waals surface area contributed by atoms with Crippen LogP contribution in [0.25, 0.3) is 5.65 Å². The Morgan fingerprint density at radius 3 is 2.85 bits per heavy atom. The van der Waals surface area contributed by atoms with Gasteiger partial charge >= 0.3 is 0 Å². The largest absolute Gasteiger partial charge is 0.342 e. The maximum absolute atomic E-state index is 13.0. The van der Waals surface area contributed by atoms with Gasteiger partial charge in [-0.05, 0) is 49.6 Å². The van der Waals surface area contributed by atoms with Crippen molar-refractivity contribution in [2.75, 3.05) is 13.1 Å². The molecule has 1 amide bonds. The molecule has 1 fully saturated rings. The molecular weight excluding hydrogens is 329 g/mol. The molecule has 1 saturated heterocycles. The van der Waals surface area contributed by atoms with E-state index in [0.717, 1.165) is 42.8 Å². The molecule has 3 aromatic rings. The van der Waals surface area contributed by atoms with Gasteiger partial charge in [-0.15, -0.1) is 0 Å². The van der Waals surface area contributed by atoms with Crippen molar-refractivity contribution in [1.29, 1.82) is 0 Å². The lowest BCUT2D eigenvalue weighted by atomic mass is 9.93. The number of rotatable bonds is 3. The number of amides is 1. The minimum atomic E-state index is -0.275. The van der Waals surface area contributed by atoms with Crippen molar-refractivity contribution in [3.05, 3.63) is 71.4 Å². The van der Waals surface area contributed by atoms with E-state index in [1.807, 2.05) is 24.0 Å². The van der Waals surface area contributed by atoms with E-state index in [1.54, 1.807) is 12.1 Å². The van der Waals surface area contributed by atoms with Gasteiger partial charge in [-0.1, -0.05) is 18.2 Å². The van der Waals surface area contributed by atoms with Crippen LogP contribution >= 0.6 is 0 Å². The molecule has 1 unspecified atom stereocenters. The van der Waals surface area contributed by atoms with E-state index in [4.69, 9.17) is 0 Å². The maximum Gasteiger partial charge on any atom is 0.227 e. The number of piperidine rings is 1. The van der Waals surface area contributed by atoms with Crippen LogP contribution in [0.1, 0.15) is 35.7 Å². The molecule has 3 heterocycles. The SMILES string of the molecule is Cc1cn2c(C3CCCN(C(=O)Cc4ccc(F)cc4)C3)cccc2n1. The predicted molar refractivity (Wildman–Crippen MR) is 98.6 cm³/mol. The van der Waals surface area contributed by atoms with E-state index in [0.29, 0.717) is 12.3 Å². The Kier molecular flexibility index (Phi) is 4.45. The fourth-order valence-corrected chi connectivity index (χ4v) is 3.82. The number of aryl methyl sites for hydroxylation is 1. The van der Waals surface area contributed by atoms with Crippen LogP contribution in [0.15, 0.2) is 48.7 Å². The number of imidazole rings is 1. The second kappa shape index (κ2) is 6.90. The van der Waals surface area contributed by atoms with Gasteiger partial charge in [0, 0.05) is 30.9 Å². The van der Waals surface area contributed by atoms with Crippen LogP contribution in [0, 0.1) is 12.7 Å². The topological polar surface area (TPSA) is 37.6 Å². The molecule has 0 saturated carbocycles. The van der Waals surface area contributed by atoms with Crippen LogP contribution in [-0.4, -0.2) is 33.3 Å². The van der Waals surface area contributed by atoms with E-state index in [1.165, 1.54) is 17.8 Å². The summed E-state index contributed by atoms with van der Waals surface area (Å²) in [6.07, 6.45) is 4.44. The highest BCUT2D eigenvalue weighted by Gasteiger charge is 2.26. The van der Waals surface area contributed by atoms with Gasteiger partial charge in [0.2, 0.25) is 5.91 Å². The fraction of sp³-hybridized carbons (Fsp3) is 0.333. The Bertz CT molecular complexity index is 932. The summed E-state index contributed by atoms with van der Waals surface area (Å²) in [5.74, 6) is 0.136. The van der Waals surface area contributed by atoms with E-state index in [-0.39, 0.29) is 11.7 Å². The van der Waals surface area contributed by atoms with Gasteiger partial charge < -0.3 is 9.30 Å². The van der Waals surface area contributed by atoms with E-state index in [2.05, 4.69) is 21.6 Å². The standard InChI is InChI=1S/C21H22FN3O/c1-15-13-25-19(5-2-6-20(25)23-15)17-4-3-11-24(14-17)21(26)12-16-7-9-18(22)10-8-16/h2,5-10,13,17H,3-4,11-12,14H2,1H3. The molecular formula is C21H22FN3O. The third kappa shape index (κ3) is 3.34. The Hall–Kier alpha value is -2.69. The zero-order valence-corrected chi connectivity index (χ0v) is 14.9. The number of nitrogens with zero attached hydrogens (tertiary/aromatic N) is 3. The van der Waals surface area contributed by atoms with Crippen LogP contribution in [0.3, 0.4) is 0 Å². The number of carbonyl (C=O) groups excluding carboxylic acids is 1. The second-order valence-corrected chi connectivity index (χ2v) is 7.04. The van der Waals surface area contributed by atoms with Crippen LogP contribution in [0.4, 0.5) is 4.39 Å². The summed E-state index contributed by atoms with van der Waals surface area (Å²) in [4.78, 5) is 19.2. The van der Waals surface area contributed by atoms with Crippen molar-refractivity contribution in [2.45, 2.75) is 32.1 Å². The summed E-state index contributed by atoms with van der Waals surface area (Å²) in [5.41, 5.74) is 4.01. The first-order chi connectivity index (χ1) is 12.6. The van der Waals surface area contributed by atoms with Gasteiger partial charge in [-0.2, -0.15) is 0 Å². The second-order valence-electron chi connectivity index (χ2n) is 7.04. The van der Waals surface area contributed by atoms with Crippen molar-refractivity contribution in [1.82, 2.24) is 14.3 Å².